The van der Waals surface area contributed by atoms with Gasteiger partial charge < -0.3 is 4.74 Å². The number of nitrogens with zero attached hydrogens (tertiary/aromatic N) is 3. The maximum absolute atomic E-state index is 11.3. The molecule has 3 rings (SSSR count). The van der Waals surface area contributed by atoms with Crippen molar-refractivity contribution in [3.63, 3.8) is 0 Å². The van der Waals surface area contributed by atoms with Gasteiger partial charge in [-0.15, -0.1) is 0 Å². The first-order valence-corrected chi connectivity index (χ1v) is 9.98. The largest absolute Gasteiger partial charge is 0.497 e. The molecular formula is C24H28F3N3O. The molecule has 1 aliphatic rings. The van der Waals surface area contributed by atoms with Crippen LogP contribution in [0.3, 0.4) is 0 Å². The van der Waals surface area contributed by atoms with Gasteiger partial charge in [-0.3, -0.25) is 4.90 Å². The molecule has 0 saturated heterocycles. The molecule has 166 valence electrons. The summed E-state index contributed by atoms with van der Waals surface area (Å²) in [6.45, 7) is 10.6. The van der Waals surface area contributed by atoms with E-state index in [0.29, 0.717) is 6.08 Å². The number of allylic oxidation sites excluding steroid dienone is 3. The van der Waals surface area contributed by atoms with E-state index in [1.165, 1.54) is 11.1 Å². The number of ether oxygens (including phenoxy) is 1. The lowest BCUT2D eigenvalue weighted by Crippen LogP contribution is -2.26. The zero-order valence-electron chi connectivity index (χ0n) is 18.0. The number of hydrogen-bond donors (Lipinski definition) is 0. The zero-order valence-corrected chi connectivity index (χ0v) is 18.0. The average Bonchev–Trinajstić information content (AvgIpc) is 2.95. The number of methoxy groups -OCH3 is 1. The average molecular weight is 432 g/mol. The summed E-state index contributed by atoms with van der Waals surface area (Å²) in [5.74, 6) is 1.73. The second-order valence-corrected chi connectivity index (χ2v) is 7.04. The van der Waals surface area contributed by atoms with Gasteiger partial charge in [-0.2, -0.15) is 13.2 Å². The lowest BCUT2D eigenvalue weighted by Gasteiger charge is -2.19. The summed E-state index contributed by atoms with van der Waals surface area (Å²) in [7, 11) is 1.72. The lowest BCUT2D eigenvalue weighted by atomic mass is 10.0. The Kier molecular flexibility index (Phi) is 9.00. The van der Waals surface area contributed by atoms with E-state index in [9.17, 15) is 13.2 Å². The molecule has 1 aromatic carbocycles. The van der Waals surface area contributed by atoms with Crippen LogP contribution in [0.5, 0.6) is 5.75 Å². The number of alkyl halides is 3. The summed E-state index contributed by atoms with van der Waals surface area (Å²) in [5, 5.41) is 0. The molecule has 31 heavy (non-hydrogen) atoms. The van der Waals surface area contributed by atoms with Crippen LogP contribution in [0.1, 0.15) is 29.6 Å². The van der Waals surface area contributed by atoms with Crippen molar-refractivity contribution in [1.29, 1.82) is 0 Å². The van der Waals surface area contributed by atoms with Crippen LogP contribution in [-0.4, -0.2) is 41.2 Å². The van der Waals surface area contributed by atoms with E-state index in [1.807, 2.05) is 31.3 Å². The van der Waals surface area contributed by atoms with E-state index in [4.69, 9.17) is 4.74 Å². The van der Waals surface area contributed by atoms with Gasteiger partial charge in [0.2, 0.25) is 0 Å². The molecule has 2 heterocycles. The molecule has 0 fully saturated rings. The molecule has 0 aliphatic carbocycles. The predicted molar refractivity (Wildman–Crippen MR) is 118 cm³/mol. The van der Waals surface area contributed by atoms with Crippen LogP contribution in [0.25, 0.3) is 6.08 Å². The smallest absolute Gasteiger partial charge is 0.415 e. The van der Waals surface area contributed by atoms with Gasteiger partial charge in [0, 0.05) is 31.4 Å². The second-order valence-electron chi connectivity index (χ2n) is 7.04. The third kappa shape index (κ3) is 7.68. The standard InChI is InChI=1S/C19H23N3O.C5H5F3/c1-3-4-19-20-10-7-17(21-19)14-22-11-8-15-5-6-18(23-2)13-16(15)9-12-22;1-3-4(2)5(6,7)8/h3-7,10,13H,8-9,11-12,14H2,1-2H3;3H,1-2H2/b4-3+;. The number of fused-ring (bicyclic) bond motifs is 1. The third-order valence-corrected chi connectivity index (χ3v) is 4.85. The van der Waals surface area contributed by atoms with Gasteiger partial charge in [0.1, 0.15) is 5.75 Å². The third-order valence-electron chi connectivity index (χ3n) is 4.85. The summed E-state index contributed by atoms with van der Waals surface area (Å²) in [6, 6.07) is 8.44. The maximum atomic E-state index is 11.3. The predicted octanol–water partition coefficient (Wildman–Crippen LogP) is 5.41. The Morgan fingerprint density at radius 3 is 2.48 bits per heavy atom. The molecule has 0 unspecified atom stereocenters. The summed E-state index contributed by atoms with van der Waals surface area (Å²) >= 11 is 0. The molecule has 1 aliphatic heterocycles. The van der Waals surface area contributed by atoms with Gasteiger partial charge in [0.25, 0.3) is 0 Å². The van der Waals surface area contributed by atoms with Crippen molar-refractivity contribution in [2.45, 2.75) is 32.5 Å². The summed E-state index contributed by atoms with van der Waals surface area (Å²) in [5.41, 5.74) is 3.02. The molecule has 0 N–H and O–H groups in total. The number of aromatic nitrogens is 2. The number of halogens is 3. The Morgan fingerprint density at radius 2 is 1.90 bits per heavy atom. The molecule has 1 aromatic heterocycles. The van der Waals surface area contributed by atoms with Crippen molar-refractivity contribution in [1.82, 2.24) is 14.9 Å². The van der Waals surface area contributed by atoms with Crippen LogP contribution in [0.15, 0.2) is 61.3 Å². The normalized spacial score (nSPS) is 14.2. The van der Waals surface area contributed by atoms with E-state index in [2.05, 4.69) is 46.2 Å². The van der Waals surface area contributed by atoms with Crippen molar-refractivity contribution in [3.05, 3.63) is 84.0 Å². The summed E-state index contributed by atoms with van der Waals surface area (Å²) in [4.78, 5) is 11.3. The van der Waals surface area contributed by atoms with Crippen molar-refractivity contribution >= 4 is 6.08 Å². The van der Waals surface area contributed by atoms with Crippen LogP contribution >= 0.6 is 0 Å². The van der Waals surface area contributed by atoms with E-state index in [-0.39, 0.29) is 0 Å². The molecule has 0 amide bonds. The molecule has 0 spiro atoms. The minimum Gasteiger partial charge on any atom is -0.497 e. The second kappa shape index (κ2) is 11.5. The van der Waals surface area contributed by atoms with Gasteiger partial charge in [0.15, 0.2) is 5.82 Å². The molecule has 0 saturated carbocycles. The number of hydrogen-bond acceptors (Lipinski definition) is 4. The maximum Gasteiger partial charge on any atom is 0.415 e. The highest BCUT2D eigenvalue weighted by molar-refractivity contribution is 5.39. The Bertz CT molecular complexity index is 923. The SMILES string of the molecule is C/C=C/c1nccc(CN2CCc3ccc(OC)cc3CC2)n1.C=CC(=C)C(F)(F)F. The van der Waals surface area contributed by atoms with Crippen LogP contribution in [0, 0.1) is 0 Å². The zero-order chi connectivity index (χ0) is 22.9. The van der Waals surface area contributed by atoms with Crippen molar-refractivity contribution in [2.24, 2.45) is 0 Å². The number of rotatable bonds is 5. The first kappa shape index (κ1) is 24.3. The Labute approximate surface area is 181 Å². The molecule has 0 atom stereocenters. The summed E-state index contributed by atoms with van der Waals surface area (Å²) < 4.78 is 39.2. The van der Waals surface area contributed by atoms with Crippen molar-refractivity contribution < 1.29 is 17.9 Å². The lowest BCUT2D eigenvalue weighted by molar-refractivity contribution is -0.0877. The first-order valence-electron chi connectivity index (χ1n) is 9.98. The Morgan fingerprint density at radius 1 is 1.19 bits per heavy atom. The van der Waals surface area contributed by atoms with Gasteiger partial charge in [0.05, 0.1) is 12.8 Å². The quantitative estimate of drug-likeness (QED) is 0.594. The van der Waals surface area contributed by atoms with E-state index >= 15 is 0 Å². The fraction of sp³-hybridized carbons (Fsp3) is 0.333. The molecule has 0 radical (unpaired) electrons. The topological polar surface area (TPSA) is 38.2 Å². The molecule has 4 nitrogen and oxygen atoms in total. The van der Waals surface area contributed by atoms with Crippen LogP contribution in [0.4, 0.5) is 13.2 Å². The van der Waals surface area contributed by atoms with Gasteiger partial charge in [-0.25, -0.2) is 9.97 Å². The van der Waals surface area contributed by atoms with Gasteiger partial charge in [-0.05, 0) is 55.2 Å². The van der Waals surface area contributed by atoms with Crippen molar-refractivity contribution in [3.8, 4) is 5.75 Å². The van der Waals surface area contributed by atoms with Crippen LogP contribution in [0.2, 0.25) is 0 Å². The van der Waals surface area contributed by atoms with Crippen molar-refractivity contribution in [2.75, 3.05) is 20.2 Å². The first-order chi connectivity index (χ1) is 14.8. The van der Waals surface area contributed by atoms with Crippen LogP contribution in [-0.2, 0) is 19.4 Å². The monoisotopic (exact) mass is 431 g/mol. The molecule has 7 heteroatoms. The highest BCUT2D eigenvalue weighted by atomic mass is 19.4. The van der Waals surface area contributed by atoms with Gasteiger partial charge >= 0.3 is 6.18 Å². The Balaban J connectivity index is 0.000000366. The fourth-order valence-corrected chi connectivity index (χ4v) is 3.11. The molecular weight excluding hydrogens is 403 g/mol. The van der Waals surface area contributed by atoms with E-state index < -0.39 is 11.7 Å². The van der Waals surface area contributed by atoms with E-state index in [0.717, 1.165) is 49.7 Å². The van der Waals surface area contributed by atoms with Gasteiger partial charge in [-0.1, -0.05) is 31.4 Å². The van der Waals surface area contributed by atoms with E-state index in [1.54, 1.807) is 7.11 Å². The number of benzene rings is 1. The minimum atomic E-state index is -4.30. The molecule has 0 bridgehead atoms. The minimum absolute atomic E-state index is 0.681. The Hall–Kier alpha value is -2.93. The fourth-order valence-electron chi connectivity index (χ4n) is 3.11. The molecule has 2 aromatic rings. The summed E-state index contributed by atoms with van der Waals surface area (Å²) in [6.07, 6.45) is 4.26. The highest BCUT2D eigenvalue weighted by Crippen LogP contribution is 2.24. The van der Waals surface area contributed by atoms with Crippen LogP contribution < -0.4 is 4.74 Å². The highest BCUT2D eigenvalue weighted by Gasteiger charge is 2.29.